The summed E-state index contributed by atoms with van der Waals surface area (Å²) in [5.74, 6) is 0.941. The van der Waals surface area contributed by atoms with Crippen molar-refractivity contribution in [1.82, 2.24) is 0 Å². The number of hydrogen-bond acceptors (Lipinski definition) is 2. The van der Waals surface area contributed by atoms with Crippen LogP contribution in [-0.2, 0) is 6.42 Å². The summed E-state index contributed by atoms with van der Waals surface area (Å²) >= 11 is 3.39. The van der Waals surface area contributed by atoms with Crippen molar-refractivity contribution in [2.24, 2.45) is 0 Å². The first-order valence-electron chi connectivity index (χ1n) is 4.36. The minimum Gasteiger partial charge on any atom is -0.460 e. The summed E-state index contributed by atoms with van der Waals surface area (Å²) in [6.45, 7) is 2.04. The van der Waals surface area contributed by atoms with E-state index < -0.39 is 0 Å². The second kappa shape index (κ2) is 3.47. The number of rotatable bonds is 1. The van der Waals surface area contributed by atoms with E-state index in [1.165, 1.54) is 0 Å². The topological polar surface area (TPSA) is 36.9 Å². The number of fused-ring (bicyclic) bond motifs is 1. The fourth-order valence-corrected chi connectivity index (χ4v) is 1.96. The van der Waals surface area contributed by atoms with Crippen molar-refractivity contribution < 1.29 is 4.42 Å². The second-order valence-electron chi connectivity index (χ2n) is 3.05. The quantitative estimate of drug-likeness (QED) is 0.774. The number of hydrogen-bond donors (Lipinski definition) is 0. The van der Waals surface area contributed by atoms with Crippen LogP contribution in [0.1, 0.15) is 18.2 Å². The lowest BCUT2D eigenvalue weighted by Gasteiger charge is -1.93. The molecule has 0 aliphatic rings. The molecule has 1 aromatic carbocycles. The normalized spacial score (nSPS) is 10.4. The Morgan fingerprint density at radius 2 is 2.21 bits per heavy atom. The molecule has 2 nitrogen and oxygen atoms in total. The third kappa shape index (κ3) is 1.42. The molecule has 70 valence electrons. The van der Waals surface area contributed by atoms with Gasteiger partial charge < -0.3 is 4.42 Å². The van der Waals surface area contributed by atoms with Crippen molar-refractivity contribution in [3.63, 3.8) is 0 Å². The van der Waals surface area contributed by atoms with Crippen LogP contribution >= 0.6 is 15.9 Å². The van der Waals surface area contributed by atoms with E-state index in [-0.39, 0.29) is 0 Å². The molecule has 0 atom stereocenters. The Labute approximate surface area is 90.3 Å². The second-order valence-corrected chi connectivity index (χ2v) is 3.91. The molecule has 0 saturated heterocycles. The summed E-state index contributed by atoms with van der Waals surface area (Å²) in [4.78, 5) is 0. The molecule has 1 aromatic heterocycles. The van der Waals surface area contributed by atoms with Crippen LogP contribution in [0, 0.1) is 11.3 Å². The number of furan rings is 1. The van der Waals surface area contributed by atoms with Crippen molar-refractivity contribution in [2.45, 2.75) is 13.3 Å². The molecule has 0 amide bonds. The van der Waals surface area contributed by atoms with Crippen LogP contribution in [0.3, 0.4) is 0 Å². The molecule has 3 heteroatoms. The lowest BCUT2D eigenvalue weighted by molar-refractivity contribution is 0.555. The maximum Gasteiger partial charge on any atom is 0.148 e. The van der Waals surface area contributed by atoms with Gasteiger partial charge in [-0.25, -0.2) is 0 Å². The fraction of sp³-hybridized carbons (Fsp3) is 0.182. The van der Waals surface area contributed by atoms with Gasteiger partial charge in [-0.05, 0) is 34.1 Å². The molecule has 2 aromatic rings. The molecule has 2 rings (SSSR count). The zero-order valence-electron chi connectivity index (χ0n) is 7.67. The highest BCUT2D eigenvalue weighted by Gasteiger charge is 2.07. The predicted octanol–water partition coefficient (Wildman–Crippen LogP) is 3.63. The van der Waals surface area contributed by atoms with Crippen molar-refractivity contribution in [3.8, 4) is 6.07 Å². The first-order valence-corrected chi connectivity index (χ1v) is 5.16. The number of halogens is 1. The Hall–Kier alpha value is -1.27. The Kier molecular flexibility index (Phi) is 2.30. The first-order chi connectivity index (χ1) is 6.74. The summed E-state index contributed by atoms with van der Waals surface area (Å²) < 4.78 is 6.43. The summed E-state index contributed by atoms with van der Waals surface area (Å²) in [5.41, 5.74) is 1.47. The SMILES string of the molecule is CCc1cc2cc(C#N)cc(Br)c2o1. The molecule has 0 radical (unpaired) electrons. The highest BCUT2D eigenvalue weighted by Crippen LogP contribution is 2.28. The van der Waals surface area contributed by atoms with Gasteiger partial charge in [-0.3, -0.25) is 0 Å². The minimum absolute atomic E-state index is 0.646. The van der Waals surface area contributed by atoms with Gasteiger partial charge in [0.05, 0.1) is 16.1 Å². The Morgan fingerprint density at radius 1 is 1.43 bits per heavy atom. The number of aryl methyl sites for hydroxylation is 1. The van der Waals surface area contributed by atoms with E-state index in [0.29, 0.717) is 5.56 Å². The zero-order valence-corrected chi connectivity index (χ0v) is 9.26. The highest BCUT2D eigenvalue weighted by molar-refractivity contribution is 9.10. The smallest absolute Gasteiger partial charge is 0.148 e. The molecular formula is C11H8BrNO. The molecule has 14 heavy (non-hydrogen) atoms. The van der Waals surface area contributed by atoms with Crippen molar-refractivity contribution in [3.05, 3.63) is 34.0 Å². The monoisotopic (exact) mass is 249 g/mol. The van der Waals surface area contributed by atoms with Crippen LogP contribution in [-0.4, -0.2) is 0 Å². The molecule has 0 spiro atoms. The van der Waals surface area contributed by atoms with Gasteiger partial charge in [0.25, 0.3) is 0 Å². The van der Waals surface area contributed by atoms with Crippen LogP contribution in [0.15, 0.2) is 27.1 Å². The van der Waals surface area contributed by atoms with Crippen molar-refractivity contribution in [1.29, 1.82) is 5.26 Å². The van der Waals surface area contributed by atoms with E-state index >= 15 is 0 Å². The lowest BCUT2D eigenvalue weighted by atomic mass is 10.2. The van der Waals surface area contributed by atoms with E-state index in [1.54, 1.807) is 6.07 Å². The predicted molar refractivity (Wildman–Crippen MR) is 58.0 cm³/mol. The summed E-state index contributed by atoms with van der Waals surface area (Å²) in [7, 11) is 0. The largest absolute Gasteiger partial charge is 0.460 e. The Morgan fingerprint density at radius 3 is 2.86 bits per heavy atom. The molecule has 0 fully saturated rings. The third-order valence-electron chi connectivity index (χ3n) is 2.10. The molecular weight excluding hydrogens is 242 g/mol. The van der Waals surface area contributed by atoms with Crippen LogP contribution < -0.4 is 0 Å². The lowest BCUT2D eigenvalue weighted by Crippen LogP contribution is -1.74. The molecule has 0 unspecified atom stereocenters. The van der Waals surface area contributed by atoms with Gasteiger partial charge in [-0.2, -0.15) is 5.26 Å². The standard InChI is InChI=1S/C11H8BrNO/c1-2-9-5-8-3-7(6-13)4-10(12)11(8)14-9/h3-5H,2H2,1H3. The van der Waals surface area contributed by atoms with E-state index in [9.17, 15) is 0 Å². The maximum atomic E-state index is 8.78. The molecule has 0 aliphatic carbocycles. The number of benzene rings is 1. The summed E-state index contributed by atoms with van der Waals surface area (Å²) in [6.07, 6.45) is 0.864. The average Bonchev–Trinajstić information content (AvgIpc) is 2.61. The van der Waals surface area contributed by atoms with Gasteiger partial charge >= 0.3 is 0 Å². The van der Waals surface area contributed by atoms with E-state index in [4.69, 9.17) is 9.68 Å². The zero-order chi connectivity index (χ0) is 10.1. The van der Waals surface area contributed by atoms with Gasteiger partial charge in [0, 0.05) is 11.8 Å². The van der Waals surface area contributed by atoms with Crippen LogP contribution in [0.4, 0.5) is 0 Å². The van der Waals surface area contributed by atoms with Crippen LogP contribution in [0.5, 0.6) is 0 Å². The van der Waals surface area contributed by atoms with Gasteiger partial charge in [-0.15, -0.1) is 0 Å². The average molecular weight is 250 g/mol. The van der Waals surface area contributed by atoms with E-state index in [1.807, 2.05) is 19.1 Å². The first kappa shape index (κ1) is 9.29. The Balaban J connectivity index is 2.75. The van der Waals surface area contributed by atoms with E-state index in [0.717, 1.165) is 27.6 Å². The number of nitriles is 1. The molecule has 0 N–H and O–H groups in total. The Bertz CT molecular complexity index is 522. The molecule has 0 bridgehead atoms. The molecule has 0 aliphatic heterocycles. The fourth-order valence-electron chi connectivity index (χ4n) is 1.40. The van der Waals surface area contributed by atoms with Gasteiger partial charge in [0.2, 0.25) is 0 Å². The minimum atomic E-state index is 0.646. The third-order valence-corrected chi connectivity index (χ3v) is 2.69. The molecule has 0 saturated carbocycles. The summed E-state index contributed by atoms with van der Waals surface area (Å²) in [5, 5.41) is 9.76. The van der Waals surface area contributed by atoms with Crippen molar-refractivity contribution >= 4 is 26.9 Å². The van der Waals surface area contributed by atoms with Crippen molar-refractivity contribution in [2.75, 3.05) is 0 Å². The van der Waals surface area contributed by atoms with Crippen LogP contribution in [0.2, 0.25) is 0 Å². The number of nitrogens with zero attached hydrogens (tertiary/aromatic N) is 1. The maximum absolute atomic E-state index is 8.78. The van der Waals surface area contributed by atoms with E-state index in [2.05, 4.69) is 22.0 Å². The summed E-state index contributed by atoms with van der Waals surface area (Å²) in [6, 6.07) is 7.69. The van der Waals surface area contributed by atoms with Crippen LogP contribution in [0.25, 0.3) is 11.0 Å². The molecule has 1 heterocycles. The van der Waals surface area contributed by atoms with Gasteiger partial charge in [0.1, 0.15) is 11.3 Å². The highest BCUT2D eigenvalue weighted by atomic mass is 79.9. The van der Waals surface area contributed by atoms with Gasteiger partial charge in [-0.1, -0.05) is 6.92 Å². The van der Waals surface area contributed by atoms with Gasteiger partial charge in [0.15, 0.2) is 0 Å².